The minimum absolute atomic E-state index is 0.137. The van der Waals surface area contributed by atoms with Crippen LogP contribution in [0.25, 0.3) is 0 Å². The fourth-order valence-electron chi connectivity index (χ4n) is 1.37. The molecule has 0 amide bonds. The van der Waals surface area contributed by atoms with Crippen LogP contribution in [0.15, 0.2) is 30.3 Å². The van der Waals surface area contributed by atoms with E-state index < -0.39 is 6.10 Å². The summed E-state index contributed by atoms with van der Waals surface area (Å²) in [6.07, 6.45) is -0.564. The van der Waals surface area contributed by atoms with Crippen molar-refractivity contribution in [1.29, 1.82) is 0 Å². The van der Waals surface area contributed by atoms with E-state index >= 15 is 0 Å². The van der Waals surface area contributed by atoms with E-state index in [1.165, 1.54) is 0 Å². The molecule has 0 saturated carbocycles. The molecule has 1 N–H and O–H groups in total. The van der Waals surface area contributed by atoms with Gasteiger partial charge in [0.15, 0.2) is 0 Å². The van der Waals surface area contributed by atoms with Gasteiger partial charge in [-0.25, -0.2) is 0 Å². The summed E-state index contributed by atoms with van der Waals surface area (Å²) >= 11 is 0. The van der Waals surface area contributed by atoms with Gasteiger partial charge in [-0.1, -0.05) is 30.3 Å². The van der Waals surface area contributed by atoms with Gasteiger partial charge in [0.05, 0.1) is 25.4 Å². The van der Waals surface area contributed by atoms with Crippen molar-refractivity contribution in [2.24, 2.45) is 0 Å². The summed E-state index contributed by atoms with van der Waals surface area (Å²) in [4.78, 5) is 0. The second-order valence-corrected chi connectivity index (χ2v) is 4.96. The summed E-state index contributed by atoms with van der Waals surface area (Å²) in [5, 5.41) is 9.81. The average Bonchev–Trinajstić information content (AvgIpc) is 2.28. The lowest BCUT2D eigenvalue weighted by Crippen LogP contribution is -2.22. The zero-order valence-corrected chi connectivity index (χ0v) is 10.8. The van der Waals surface area contributed by atoms with Gasteiger partial charge in [-0.15, -0.1) is 0 Å². The molecule has 1 aromatic rings. The minimum Gasteiger partial charge on any atom is -0.386 e. The van der Waals surface area contributed by atoms with Gasteiger partial charge in [0.25, 0.3) is 0 Å². The van der Waals surface area contributed by atoms with E-state index in [4.69, 9.17) is 9.47 Å². The number of hydrogen-bond acceptors (Lipinski definition) is 3. The fraction of sp³-hybridized carbons (Fsp3) is 0.571. The molecule has 0 aromatic heterocycles. The SMILES string of the molecule is CC(C)(C)OCCOCC(O)c1ccccc1. The molecule has 0 bridgehead atoms. The maximum Gasteiger partial charge on any atom is 0.102 e. The van der Waals surface area contributed by atoms with Gasteiger partial charge in [0.2, 0.25) is 0 Å². The van der Waals surface area contributed by atoms with Crippen LogP contribution in [0.2, 0.25) is 0 Å². The third-order valence-electron chi connectivity index (χ3n) is 2.22. The molecule has 1 atom stereocenters. The van der Waals surface area contributed by atoms with Crippen molar-refractivity contribution in [2.45, 2.75) is 32.5 Å². The summed E-state index contributed by atoms with van der Waals surface area (Å²) in [5.74, 6) is 0. The molecule has 0 saturated heterocycles. The molecule has 0 aliphatic heterocycles. The zero-order valence-electron chi connectivity index (χ0n) is 10.8. The van der Waals surface area contributed by atoms with Gasteiger partial charge in [0, 0.05) is 0 Å². The maximum absolute atomic E-state index is 9.81. The largest absolute Gasteiger partial charge is 0.386 e. The van der Waals surface area contributed by atoms with E-state index in [0.717, 1.165) is 5.56 Å². The first-order chi connectivity index (χ1) is 7.99. The molecule has 1 aromatic carbocycles. The molecule has 0 heterocycles. The van der Waals surface area contributed by atoms with Crippen LogP contribution in [-0.2, 0) is 9.47 Å². The van der Waals surface area contributed by atoms with Gasteiger partial charge in [-0.05, 0) is 26.3 Å². The van der Waals surface area contributed by atoms with E-state index in [0.29, 0.717) is 19.8 Å². The van der Waals surface area contributed by atoms with Gasteiger partial charge in [-0.2, -0.15) is 0 Å². The Hall–Kier alpha value is -0.900. The van der Waals surface area contributed by atoms with Crippen LogP contribution in [0, 0.1) is 0 Å². The lowest BCUT2D eigenvalue weighted by atomic mass is 10.1. The van der Waals surface area contributed by atoms with Crippen molar-refractivity contribution in [2.75, 3.05) is 19.8 Å². The van der Waals surface area contributed by atoms with Crippen LogP contribution >= 0.6 is 0 Å². The highest BCUT2D eigenvalue weighted by molar-refractivity contribution is 5.17. The van der Waals surface area contributed by atoms with E-state index in [1.807, 2.05) is 51.1 Å². The highest BCUT2D eigenvalue weighted by Crippen LogP contribution is 2.12. The van der Waals surface area contributed by atoms with Crippen molar-refractivity contribution in [3.05, 3.63) is 35.9 Å². The van der Waals surface area contributed by atoms with Crippen molar-refractivity contribution >= 4 is 0 Å². The van der Waals surface area contributed by atoms with Crippen LogP contribution in [0.3, 0.4) is 0 Å². The third kappa shape index (κ3) is 6.41. The monoisotopic (exact) mass is 238 g/mol. The first-order valence-electron chi connectivity index (χ1n) is 5.94. The number of aliphatic hydroxyl groups is 1. The van der Waals surface area contributed by atoms with Crippen LogP contribution in [0.1, 0.15) is 32.4 Å². The molecule has 96 valence electrons. The molecule has 3 nitrogen and oxygen atoms in total. The Morgan fingerprint density at radius 1 is 1.12 bits per heavy atom. The number of hydrogen-bond donors (Lipinski definition) is 1. The summed E-state index contributed by atoms with van der Waals surface area (Å²) in [7, 11) is 0. The summed E-state index contributed by atoms with van der Waals surface area (Å²) in [6.45, 7) is 7.37. The molecule has 17 heavy (non-hydrogen) atoms. The predicted octanol–water partition coefficient (Wildman–Crippen LogP) is 2.55. The average molecular weight is 238 g/mol. The molecule has 0 spiro atoms. The Labute approximate surface area is 103 Å². The van der Waals surface area contributed by atoms with Crippen molar-refractivity contribution in [3.8, 4) is 0 Å². The van der Waals surface area contributed by atoms with Gasteiger partial charge in [0.1, 0.15) is 6.10 Å². The number of rotatable bonds is 6. The maximum atomic E-state index is 9.81. The van der Waals surface area contributed by atoms with Crippen molar-refractivity contribution < 1.29 is 14.6 Å². The Morgan fingerprint density at radius 3 is 2.35 bits per heavy atom. The van der Waals surface area contributed by atoms with Gasteiger partial charge >= 0.3 is 0 Å². The molecule has 0 aliphatic rings. The van der Waals surface area contributed by atoms with E-state index in [2.05, 4.69) is 0 Å². The minimum atomic E-state index is -0.564. The molecule has 1 unspecified atom stereocenters. The van der Waals surface area contributed by atoms with Crippen LogP contribution in [-0.4, -0.2) is 30.5 Å². The fourth-order valence-corrected chi connectivity index (χ4v) is 1.37. The highest BCUT2D eigenvalue weighted by atomic mass is 16.5. The normalized spacial score (nSPS) is 13.6. The zero-order chi connectivity index (χ0) is 12.7. The van der Waals surface area contributed by atoms with E-state index in [1.54, 1.807) is 0 Å². The Kier molecular flexibility index (Phi) is 5.62. The first kappa shape index (κ1) is 14.2. The van der Waals surface area contributed by atoms with Crippen molar-refractivity contribution in [1.82, 2.24) is 0 Å². The van der Waals surface area contributed by atoms with E-state index in [9.17, 15) is 5.11 Å². The van der Waals surface area contributed by atoms with Crippen LogP contribution in [0.5, 0.6) is 0 Å². The second-order valence-electron chi connectivity index (χ2n) is 4.96. The third-order valence-corrected chi connectivity index (χ3v) is 2.22. The topological polar surface area (TPSA) is 38.7 Å². The van der Waals surface area contributed by atoms with Crippen LogP contribution in [0.4, 0.5) is 0 Å². The Bertz CT molecular complexity index is 303. The molecular weight excluding hydrogens is 216 g/mol. The summed E-state index contributed by atoms with van der Waals surface area (Å²) in [5.41, 5.74) is 0.741. The second kappa shape index (κ2) is 6.74. The molecule has 3 heteroatoms. The smallest absolute Gasteiger partial charge is 0.102 e. The lowest BCUT2D eigenvalue weighted by molar-refractivity contribution is -0.0477. The summed E-state index contributed by atoms with van der Waals surface area (Å²) < 4.78 is 10.9. The number of benzene rings is 1. The standard InChI is InChI=1S/C14H22O3/c1-14(2,3)17-10-9-16-11-13(15)12-7-5-4-6-8-12/h4-8,13,15H,9-11H2,1-3H3. The molecule has 0 aliphatic carbocycles. The summed E-state index contributed by atoms with van der Waals surface area (Å²) in [6, 6.07) is 9.51. The number of ether oxygens (including phenoxy) is 2. The van der Waals surface area contributed by atoms with Crippen LogP contribution < -0.4 is 0 Å². The predicted molar refractivity (Wildman–Crippen MR) is 67.9 cm³/mol. The van der Waals surface area contributed by atoms with Crippen molar-refractivity contribution in [3.63, 3.8) is 0 Å². The number of aliphatic hydroxyl groups excluding tert-OH is 1. The molecule has 0 fully saturated rings. The van der Waals surface area contributed by atoms with Gasteiger partial charge < -0.3 is 14.6 Å². The molecule has 0 radical (unpaired) electrons. The van der Waals surface area contributed by atoms with Gasteiger partial charge in [-0.3, -0.25) is 0 Å². The van der Waals surface area contributed by atoms with E-state index in [-0.39, 0.29) is 5.60 Å². The lowest BCUT2D eigenvalue weighted by Gasteiger charge is -2.19. The quantitative estimate of drug-likeness (QED) is 0.774. The highest BCUT2D eigenvalue weighted by Gasteiger charge is 2.10. The first-order valence-corrected chi connectivity index (χ1v) is 5.94. The molecule has 1 rings (SSSR count). The Morgan fingerprint density at radius 2 is 1.76 bits per heavy atom. The Balaban J connectivity index is 2.15. The molecular formula is C14H22O3.